The van der Waals surface area contributed by atoms with E-state index in [1.807, 2.05) is 0 Å². The summed E-state index contributed by atoms with van der Waals surface area (Å²) in [5, 5.41) is 10.8. The second-order valence-electron chi connectivity index (χ2n) is 4.90. The molecule has 2 bridgehead atoms. The number of non-ortho nitro benzene ring substituents is 1. The van der Waals surface area contributed by atoms with E-state index >= 15 is 0 Å². The Labute approximate surface area is 104 Å². The number of hydrogen-bond donors (Lipinski definition) is 1. The Morgan fingerprint density at radius 2 is 1.94 bits per heavy atom. The van der Waals surface area contributed by atoms with Gasteiger partial charge in [-0.3, -0.25) is 10.1 Å². The molecule has 6 heteroatoms. The lowest BCUT2D eigenvalue weighted by atomic mass is 10.2. The van der Waals surface area contributed by atoms with Gasteiger partial charge in [-0.25, -0.2) is 0 Å². The van der Waals surface area contributed by atoms with Gasteiger partial charge in [-0.05, 0) is 18.9 Å². The molecule has 0 aliphatic carbocycles. The lowest BCUT2D eigenvalue weighted by molar-refractivity contribution is -0.384. The fraction of sp³-hybridized carbons (Fsp3) is 0.500. The van der Waals surface area contributed by atoms with Gasteiger partial charge in [-0.15, -0.1) is 0 Å². The SMILES string of the molecule is Nc1cc(N2CC3CCC(C2)O3)cc([N+](=O)[O-])c1. The molecule has 0 aromatic heterocycles. The Hall–Kier alpha value is -1.82. The zero-order chi connectivity index (χ0) is 12.7. The molecular formula is C12H15N3O3. The molecule has 96 valence electrons. The number of anilines is 2. The molecule has 2 N–H and O–H groups in total. The summed E-state index contributed by atoms with van der Waals surface area (Å²) in [5.41, 5.74) is 7.02. The van der Waals surface area contributed by atoms with Crippen molar-refractivity contribution in [1.82, 2.24) is 0 Å². The summed E-state index contributed by atoms with van der Waals surface area (Å²) in [4.78, 5) is 12.6. The number of nitro groups is 1. The molecule has 2 saturated heterocycles. The highest BCUT2D eigenvalue weighted by atomic mass is 16.6. The second-order valence-corrected chi connectivity index (χ2v) is 4.90. The van der Waals surface area contributed by atoms with Crippen LogP contribution in [0.4, 0.5) is 17.1 Å². The van der Waals surface area contributed by atoms with Gasteiger partial charge >= 0.3 is 0 Å². The molecule has 2 atom stereocenters. The number of morpholine rings is 1. The normalized spacial score (nSPS) is 26.3. The van der Waals surface area contributed by atoms with Crippen LogP contribution in [-0.2, 0) is 4.74 Å². The van der Waals surface area contributed by atoms with Crippen molar-refractivity contribution < 1.29 is 9.66 Å². The van der Waals surface area contributed by atoms with E-state index in [9.17, 15) is 10.1 Å². The summed E-state index contributed by atoms with van der Waals surface area (Å²) in [6.07, 6.45) is 2.66. The van der Waals surface area contributed by atoms with E-state index in [1.165, 1.54) is 6.07 Å². The van der Waals surface area contributed by atoms with Gasteiger partial charge in [-0.1, -0.05) is 0 Å². The van der Waals surface area contributed by atoms with Crippen molar-refractivity contribution in [2.75, 3.05) is 23.7 Å². The quantitative estimate of drug-likeness (QED) is 0.488. The first-order chi connectivity index (χ1) is 8.61. The molecule has 1 aromatic rings. The molecule has 2 fully saturated rings. The largest absolute Gasteiger partial charge is 0.398 e. The number of nitro benzene ring substituents is 1. The van der Waals surface area contributed by atoms with Crippen LogP contribution in [0, 0.1) is 10.1 Å². The fourth-order valence-corrected chi connectivity index (χ4v) is 2.73. The van der Waals surface area contributed by atoms with Crippen molar-refractivity contribution in [1.29, 1.82) is 0 Å². The summed E-state index contributed by atoms with van der Waals surface area (Å²) in [7, 11) is 0. The molecule has 2 aliphatic heterocycles. The van der Waals surface area contributed by atoms with Gasteiger partial charge in [0.15, 0.2) is 0 Å². The number of benzene rings is 1. The molecule has 2 heterocycles. The first kappa shape index (κ1) is 11.3. The number of nitrogens with two attached hydrogens (primary N) is 1. The van der Waals surface area contributed by atoms with E-state index < -0.39 is 4.92 Å². The number of nitrogen functional groups attached to an aromatic ring is 1. The fourth-order valence-electron chi connectivity index (χ4n) is 2.73. The highest BCUT2D eigenvalue weighted by molar-refractivity contribution is 5.63. The highest BCUT2D eigenvalue weighted by Crippen LogP contribution is 2.32. The van der Waals surface area contributed by atoms with Crippen LogP contribution in [0.25, 0.3) is 0 Å². The van der Waals surface area contributed by atoms with Gasteiger partial charge < -0.3 is 15.4 Å². The molecule has 6 nitrogen and oxygen atoms in total. The average Bonchev–Trinajstić information content (AvgIpc) is 2.67. The van der Waals surface area contributed by atoms with Crippen molar-refractivity contribution in [2.24, 2.45) is 0 Å². The number of hydrogen-bond acceptors (Lipinski definition) is 5. The van der Waals surface area contributed by atoms with E-state index in [1.54, 1.807) is 12.1 Å². The topological polar surface area (TPSA) is 81.6 Å². The summed E-state index contributed by atoms with van der Waals surface area (Å²) < 4.78 is 5.75. The van der Waals surface area contributed by atoms with Crippen LogP contribution < -0.4 is 10.6 Å². The van der Waals surface area contributed by atoms with E-state index in [2.05, 4.69) is 4.90 Å². The van der Waals surface area contributed by atoms with Crippen LogP contribution in [-0.4, -0.2) is 30.2 Å². The van der Waals surface area contributed by atoms with Gasteiger partial charge in [0.1, 0.15) is 0 Å². The smallest absolute Gasteiger partial charge is 0.273 e. The van der Waals surface area contributed by atoms with Crippen molar-refractivity contribution in [3.63, 3.8) is 0 Å². The molecule has 0 spiro atoms. The van der Waals surface area contributed by atoms with Crippen LogP contribution in [0.3, 0.4) is 0 Å². The van der Waals surface area contributed by atoms with E-state index in [-0.39, 0.29) is 17.9 Å². The third-order valence-electron chi connectivity index (χ3n) is 3.54. The minimum Gasteiger partial charge on any atom is -0.398 e. The van der Waals surface area contributed by atoms with Crippen LogP contribution in [0.5, 0.6) is 0 Å². The predicted octanol–water partition coefficient (Wildman–Crippen LogP) is 1.54. The molecular weight excluding hydrogens is 234 g/mol. The molecule has 3 rings (SSSR count). The average molecular weight is 249 g/mol. The summed E-state index contributed by atoms with van der Waals surface area (Å²) in [6, 6.07) is 4.76. The Bertz CT molecular complexity index is 479. The van der Waals surface area contributed by atoms with E-state index in [4.69, 9.17) is 10.5 Å². The van der Waals surface area contributed by atoms with Crippen molar-refractivity contribution in [3.8, 4) is 0 Å². The summed E-state index contributed by atoms with van der Waals surface area (Å²) in [5.74, 6) is 0. The zero-order valence-corrected chi connectivity index (χ0v) is 9.91. The molecule has 1 aromatic carbocycles. The van der Waals surface area contributed by atoms with Crippen LogP contribution in [0.15, 0.2) is 18.2 Å². The maximum Gasteiger partial charge on any atom is 0.273 e. The van der Waals surface area contributed by atoms with Crippen LogP contribution in [0.1, 0.15) is 12.8 Å². The monoisotopic (exact) mass is 249 g/mol. The van der Waals surface area contributed by atoms with E-state index in [0.29, 0.717) is 5.69 Å². The predicted molar refractivity (Wildman–Crippen MR) is 67.6 cm³/mol. The third-order valence-corrected chi connectivity index (χ3v) is 3.54. The van der Waals surface area contributed by atoms with Crippen LogP contribution in [0.2, 0.25) is 0 Å². The number of fused-ring (bicyclic) bond motifs is 2. The summed E-state index contributed by atoms with van der Waals surface area (Å²) in [6.45, 7) is 1.58. The van der Waals surface area contributed by atoms with Crippen molar-refractivity contribution in [2.45, 2.75) is 25.0 Å². The van der Waals surface area contributed by atoms with Gasteiger partial charge in [0, 0.05) is 36.6 Å². The third kappa shape index (κ3) is 1.99. The molecule has 0 amide bonds. The van der Waals surface area contributed by atoms with Crippen molar-refractivity contribution in [3.05, 3.63) is 28.3 Å². The number of rotatable bonds is 2. The molecule has 2 aliphatic rings. The Morgan fingerprint density at radius 3 is 2.56 bits per heavy atom. The molecule has 18 heavy (non-hydrogen) atoms. The second kappa shape index (κ2) is 4.13. The van der Waals surface area contributed by atoms with Crippen molar-refractivity contribution >= 4 is 17.1 Å². The maximum absolute atomic E-state index is 10.8. The first-order valence-electron chi connectivity index (χ1n) is 6.07. The summed E-state index contributed by atoms with van der Waals surface area (Å²) >= 11 is 0. The molecule has 0 radical (unpaired) electrons. The van der Waals surface area contributed by atoms with Gasteiger partial charge in [0.2, 0.25) is 0 Å². The molecule has 0 saturated carbocycles. The van der Waals surface area contributed by atoms with Gasteiger partial charge in [0.25, 0.3) is 5.69 Å². The maximum atomic E-state index is 10.8. The minimum absolute atomic E-state index is 0.0452. The Morgan fingerprint density at radius 1 is 1.28 bits per heavy atom. The highest BCUT2D eigenvalue weighted by Gasteiger charge is 2.34. The lowest BCUT2D eigenvalue weighted by Gasteiger charge is -2.33. The number of ether oxygens (including phenoxy) is 1. The van der Waals surface area contributed by atoms with Crippen LogP contribution >= 0.6 is 0 Å². The number of nitrogens with zero attached hydrogens (tertiary/aromatic N) is 2. The first-order valence-corrected chi connectivity index (χ1v) is 6.07. The zero-order valence-electron chi connectivity index (χ0n) is 9.91. The molecule has 2 unspecified atom stereocenters. The standard InChI is InChI=1S/C12H15N3O3/c13-8-3-9(5-10(4-8)15(16)17)14-6-11-1-2-12(7-14)18-11/h3-5,11-12H,1-2,6-7,13H2. The van der Waals surface area contributed by atoms with E-state index in [0.717, 1.165) is 31.6 Å². The Kier molecular flexibility index (Phi) is 2.59. The Balaban J connectivity index is 1.89. The minimum atomic E-state index is -0.408. The van der Waals surface area contributed by atoms with Gasteiger partial charge in [-0.2, -0.15) is 0 Å². The lowest BCUT2D eigenvalue weighted by Crippen LogP contribution is -2.42. The van der Waals surface area contributed by atoms with Gasteiger partial charge in [0.05, 0.1) is 17.1 Å².